The normalized spacial score (nSPS) is 10.3. The molecule has 2 aromatic carbocycles. The third kappa shape index (κ3) is 4.22. The van der Waals surface area contributed by atoms with Crippen molar-refractivity contribution in [2.45, 2.75) is 6.61 Å². The van der Waals surface area contributed by atoms with E-state index in [1.165, 1.54) is 0 Å². The molecular formula is C22H18N6O. The lowest BCUT2D eigenvalue weighted by Crippen LogP contribution is -2.01. The van der Waals surface area contributed by atoms with Crippen molar-refractivity contribution in [3.8, 4) is 23.2 Å². The number of ether oxygens (including phenoxy) is 1. The number of hydrogen-bond acceptors (Lipinski definition) is 6. The van der Waals surface area contributed by atoms with E-state index in [1.54, 1.807) is 36.8 Å². The van der Waals surface area contributed by atoms with Gasteiger partial charge in [-0.15, -0.1) is 0 Å². The summed E-state index contributed by atoms with van der Waals surface area (Å²) in [5.41, 5.74) is 3.06. The summed E-state index contributed by atoms with van der Waals surface area (Å²) < 4.78 is 7.76. The number of nitriles is 1. The molecule has 29 heavy (non-hydrogen) atoms. The van der Waals surface area contributed by atoms with Gasteiger partial charge in [0.15, 0.2) is 0 Å². The van der Waals surface area contributed by atoms with Crippen molar-refractivity contribution < 1.29 is 4.74 Å². The Labute approximate surface area is 168 Å². The first-order valence-corrected chi connectivity index (χ1v) is 9.00. The van der Waals surface area contributed by atoms with E-state index in [-0.39, 0.29) is 0 Å². The van der Waals surface area contributed by atoms with Gasteiger partial charge in [0.2, 0.25) is 5.95 Å². The fourth-order valence-corrected chi connectivity index (χ4v) is 2.83. The Morgan fingerprint density at radius 3 is 2.55 bits per heavy atom. The Bertz CT molecular complexity index is 1150. The van der Waals surface area contributed by atoms with E-state index in [1.807, 2.05) is 48.1 Å². The van der Waals surface area contributed by atoms with Crippen LogP contribution < -0.4 is 10.1 Å². The van der Waals surface area contributed by atoms with Gasteiger partial charge in [0.1, 0.15) is 24.3 Å². The minimum Gasteiger partial charge on any atom is -0.487 e. The number of benzene rings is 2. The first-order chi connectivity index (χ1) is 14.2. The van der Waals surface area contributed by atoms with Gasteiger partial charge in [0, 0.05) is 43.6 Å². The predicted octanol–water partition coefficient (Wildman–Crippen LogP) is 4.07. The highest BCUT2D eigenvalue weighted by Crippen LogP contribution is 2.25. The van der Waals surface area contributed by atoms with Gasteiger partial charge >= 0.3 is 0 Å². The molecule has 0 aliphatic heterocycles. The molecule has 0 unspecified atom stereocenters. The first-order valence-electron chi connectivity index (χ1n) is 9.00. The molecule has 2 aromatic heterocycles. The van der Waals surface area contributed by atoms with Crippen LogP contribution in [0.1, 0.15) is 11.1 Å². The molecule has 2 heterocycles. The van der Waals surface area contributed by atoms with Crippen LogP contribution in [0, 0.1) is 11.3 Å². The molecule has 0 saturated heterocycles. The summed E-state index contributed by atoms with van der Waals surface area (Å²) in [4.78, 5) is 13.0. The van der Waals surface area contributed by atoms with Crippen molar-refractivity contribution in [2.75, 3.05) is 5.32 Å². The number of nitrogens with zero attached hydrogens (tertiary/aromatic N) is 5. The fourth-order valence-electron chi connectivity index (χ4n) is 2.83. The molecule has 0 fully saturated rings. The summed E-state index contributed by atoms with van der Waals surface area (Å²) in [5.74, 6) is 1.75. The minimum atomic E-state index is 0.383. The molecule has 4 rings (SSSR count). The molecule has 0 atom stereocenters. The van der Waals surface area contributed by atoms with Crippen LogP contribution in [0.5, 0.6) is 5.75 Å². The van der Waals surface area contributed by atoms with E-state index in [2.05, 4.69) is 26.3 Å². The van der Waals surface area contributed by atoms with Gasteiger partial charge in [-0.3, -0.25) is 0 Å². The van der Waals surface area contributed by atoms with Crippen molar-refractivity contribution >= 4 is 11.6 Å². The van der Waals surface area contributed by atoms with E-state index in [0.717, 1.165) is 22.6 Å². The number of anilines is 2. The maximum Gasteiger partial charge on any atom is 0.227 e. The van der Waals surface area contributed by atoms with Gasteiger partial charge in [-0.1, -0.05) is 30.3 Å². The predicted molar refractivity (Wildman–Crippen MR) is 109 cm³/mol. The summed E-state index contributed by atoms with van der Waals surface area (Å²) in [5, 5.41) is 12.5. The average Bonchev–Trinajstić information content (AvgIpc) is 3.19. The van der Waals surface area contributed by atoms with Crippen LogP contribution in [0.25, 0.3) is 11.4 Å². The number of hydrogen-bond donors (Lipinski definition) is 1. The van der Waals surface area contributed by atoms with Gasteiger partial charge in [-0.25, -0.2) is 15.0 Å². The molecule has 0 aliphatic rings. The molecular weight excluding hydrogens is 364 g/mol. The third-order valence-corrected chi connectivity index (χ3v) is 4.33. The summed E-state index contributed by atoms with van der Waals surface area (Å²) in [7, 11) is 1.92. The van der Waals surface area contributed by atoms with Crippen molar-refractivity contribution in [3.05, 3.63) is 84.4 Å². The smallest absolute Gasteiger partial charge is 0.227 e. The maximum atomic E-state index is 9.36. The van der Waals surface area contributed by atoms with Gasteiger partial charge in [-0.2, -0.15) is 5.26 Å². The Hall–Kier alpha value is -4.18. The van der Waals surface area contributed by atoms with Gasteiger partial charge < -0.3 is 14.6 Å². The second kappa shape index (κ2) is 8.23. The number of nitrogens with one attached hydrogen (secondary N) is 1. The highest BCUT2D eigenvalue weighted by Gasteiger charge is 2.08. The third-order valence-electron chi connectivity index (χ3n) is 4.33. The molecule has 7 nitrogen and oxygen atoms in total. The standard InChI is InChI=1S/C22H18N6O/c1-28-10-9-24-21(28)18-13-25-22(26-14-18)27-19-8-7-17(12-23)20(11-19)29-15-16-5-3-2-4-6-16/h2-11,13-14H,15H2,1H3,(H,25,26,27). The monoisotopic (exact) mass is 382 g/mol. The Morgan fingerprint density at radius 1 is 1.07 bits per heavy atom. The summed E-state index contributed by atoms with van der Waals surface area (Å²) in [6.07, 6.45) is 7.03. The summed E-state index contributed by atoms with van der Waals surface area (Å²) in [6.45, 7) is 0.383. The van der Waals surface area contributed by atoms with E-state index in [4.69, 9.17) is 4.74 Å². The zero-order chi connectivity index (χ0) is 20.1. The molecule has 0 spiro atoms. The fraction of sp³-hybridized carbons (Fsp3) is 0.0909. The molecule has 0 bridgehead atoms. The first kappa shape index (κ1) is 18.2. The van der Waals surface area contributed by atoms with Gasteiger partial charge in [-0.05, 0) is 17.7 Å². The van der Waals surface area contributed by atoms with Crippen LogP contribution in [-0.2, 0) is 13.7 Å². The maximum absolute atomic E-state index is 9.36. The summed E-state index contributed by atoms with van der Waals surface area (Å²) in [6, 6.07) is 17.3. The van der Waals surface area contributed by atoms with Crippen molar-refractivity contribution in [1.82, 2.24) is 19.5 Å². The van der Waals surface area contributed by atoms with Gasteiger partial charge in [0.05, 0.1) is 11.1 Å². The highest BCUT2D eigenvalue weighted by molar-refractivity contribution is 5.61. The van der Waals surface area contributed by atoms with Crippen LogP contribution in [0.3, 0.4) is 0 Å². The van der Waals surface area contributed by atoms with Crippen LogP contribution in [0.15, 0.2) is 73.3 Å². The lowest BCUT2D eigenvalue weighted by atomic mass is 10.2. The van der Waals surface area contributed by atoms with E-state index in [0.29, 0.717) is 23.9 Å². The number of imidazole rings is 1. The number of rotatable bonds is 6. The zero-order valence-corrected chi connectivity index (χ0v) is 15.8. The van der Waals surface area contributed by atoms with Crippen molar-refractivity contribution in [2.24, 2.45) is 7.05 Å². The molecule has 0 saturated carbocycles. The van der Waals surface area contributed by atoms with E-state index in [9.17, 15) is 5.26 Å². The quantitative estimate of drug-likeness (QED) is 0.541. The molecule has 142 valence electrons. The topological polar surface area (TPSA) is 88.7 Å². The highest BCUT2D eigenvalue weighted by atomic mass is 16.5. The number of aromatic nitrogens is 4. The van der Waals surface area contributed by atoms with E-state index >= 15 is 0 Å². The molecule has 7 heteroatoms. The Morgan fingerprint density at radius 2 is 1.86 bits per heavy atom. The summed E-state index contributed by atoms with van der Waals surface area (Å²) >= 11 is 0. The van der Waals surface area contributed by atoms with Crippen LogP contribution in [0.4, 0.5) is 11.6 Å². The molecule has 1 N–H and O–H groups in total. The van der Waals surface area contributed by atoms with E-state index < -0.39 is 0 Å². The molecule has 0 amide bonds. The van der Waals surface area contributed by atoms with Crippen LogP contribution in [-0.4, -0.2) is 19.5 Å². The van der Waals surface area contributed by atoms with Crippen molar-refractivity contribution in [1.29, 1.82) is 5.26 Å². The van der Waals surface area contributed by atoms with Crippen molar-refractivity contribution in [3.63, 3.8) is 0 Å². The van der Waals surface area contributed by atoms with Crippen LogP contribution in [0.2, 0.25) is 0 Å². The molecule has 0 radical (unpaired) electrons. The zero-order valence-electron chi connectivity index (χ0n) is 15.8. The molecule has 0 aliphatic carbocycles. The number of aryl methyl sites for hydroxylation is 1. The lowest BCUT2D eigenvalue weighted by Gasteiger charge is -2.11. The van der Waals surface area contributed by atoms with Gasteiger partial charge in [0.25, 0.3) is 0 Å². The SMILES string of the molecule is Cn1ccnc1-c1cnc(Nc2ccc(C#N)c(OCc3ccccc3)c2)nc1. The lowest BCUT2D eigenvalue weighted by molar-refractivity contribution is 0.305. The second-order valence-corrected chi connectivity index (χ2v) is 6.38. The Balaban J connectivity index is 1.50. The Kier molecular flexibility index (Phi) is 5.16. The average molecular weight is 382 g/mol. The minimum absolute atomic E-state index is 0.383. The molecule has 4 aromatic rings. The largest absolute Gasteiger partial charge is 0.487 e. The van der Waals surface area contributed by atoms with Crippen LogP contribution >= 0.6 is 0 Å². The second-order valence-electron chi connectivity index (χ2n) is 6.38.